The predicted octanol–water partition coefficient (Wildman–Crippen LogP) is 8.10. The summed E-state index contributed by atoms with van der Waals surface area (Å²) >= 11 is 1.71. The smallest absolute Gasteiger partial charge is 0.159 e. The number of halogens is 2. The number of hydrogen-bond donors (Lipinski definition) is 0. The fourth-order valence-corrected chi connectivity index (χ4v) is 5.94. The van der Waals surface area contributed by atoms with Crippen LogP contribution in [0.3, 0.4) is 0 Å². The molecule has 0 N–H and O–H groups in total. The molecule has 0 radical (unpaired) electrons. The Balaban J connectivity index is 1.63. The van der Waals surface area contributed by atoms with Gasteiger partial charge in [0.05, 0.1) is 5.69 Å². The lowest BCUT2D eigenvalue weighted by Crippen LogP contribution is -1.97. The van der Waals surface area contributed by atoms with Crippen LogP contribution in [0.25, 0.3) is 54.3 Å². The molecule has 0 aliphatic carbocycles. The lowest BCUT2D eigenvalue weighted by atomic mass is 9.94. The lowest BCUT2D eigenvalue weighted by Gasteiger charge is -2.21. The lowest BCUT2D eigenvalue weighted by molar-refractivity contribution is 0.511. The summed E-state index contributed by atoms with van der Waals surface area (Å²) in [5.74, 6) is -1.65. The highest BCUT2D eigenvalue weighted by Crippen LogP contribution is 2.50. The van der Waals surface area contributed by atoms with Crippen LogP contribution in [0, 0.1) is 11.6 Å². The van der Waals surface area contributed by atoms with E-state index in [0.29, 0.717) is 5.39 Å². The van der Waals surface area contributed by atoms with Crippen LogP contribution in [0.15, 0.2) is 88.8 Å². The van der Waals surface area contributed by atoms with Crippen molar-refractivity contribution in [2.45, 2.75) is 9.79 Å². The average molecular weight is 421 g/mol. The van der Waals surface area contributed by atoms with Crippen LogP contribution in [0.1, 0.15) is 0 Å². The molecule has 5 aromatic carbocycles. The van der Waals surface area contributed by atoms with Crippen LogP contribution >= 0.6 is 11.8 Å². The first kappa shape index (κ1) is 17.2. The average Bonchev–Trinajstić information content (AvgIpc) is 2.79. The summed E-state index contributed by atoms with van der Waals surface area (Å²) in [5, 5.41) is 7.93. The normalized spacial score (nSPS) is 12.7. The van der Waals surface area contributed by atoms with Gasteiger partial charge in [-0.05, 0) is 74.1 Å². The highest BCUT2D eigenvalue weighted by atomic mass is 32.2. The van der Waals surface area contributed by atoms with Gasteiger partial charge in [0, 0.05) is 26.9 Å². The summed E-state index contributed by atoms with van der Waals surface area (Å²) in [6, 6.07) is 23.3. The molecule has 1 aliphatic rings. The van der Waals surface area contributed by atoms with Crippen LogP contribution in [0.2, 0.25) is 0 Å². The van der Waals surface area contributed by atoms with E-state index in [1.807, 2.05) is 36.5 Å². The van der Waals surface area contributed by atoms with Crippen molar-refractivity contribution < 1.29 is 8.78 Å². The molecule has 0 saturated carbocycles. The minimum absolute atomic E-state index is 0.694. The largest absolute Gasteiger partial charge is 0.256 e. The SMILES string of the molecule is Fc1cc2ccc3c4ccnc5c4c(cc3c2cc1F)Sc1cc2ccccc2cc1-5. The quantitative estimate of drug-likeness (QED) is 0.229. The van der Waals surface area contributed by atoms with Gasteiger partial charge in [-0.15, -0.1) is 0 Å². The van der Waals surface area contributed by atoms with Gasteiger partial charge in [-0.25, -0.2) is 8.78 Å². The van der Waals surface area contributed by atoms with Gasteiger partial charge in [0.25, 0.3) is 0 Å². The molecule has 7 rings (SSSR count). The maximum absolute atomic E-state index is 14.1. The topological polar surface area (TPSA) is 12.9 Å². The molecular weight excluding hydrogens is 408 g/mol. The third kappa shape index (κ3) is 2.34. The molecule has 0 atom stereocenters. The predicted molar refractivity (Wildman–Crippen MR) is 124 cm³/mol. The van der Waals surface area contributed by atoms with Crippen LogP contribution in [0.4, 0.5) is 8.78 Å². The third-order valence-electron chi connectivity index (χ3n) is 6.19. The third-order valence-corrected chi connectivity index (χ3v) is 7.29. The van der Waals surface area contributed by atoms with Gasteiger partial charge in [-0.3, -0.25) is 4.98 Å². The summed E-state index contributed by atoms with van der Waals surface area (Å²) in [6.07, 6.45) is 1.84. The number of aromatic nitrogens is 1. The highest BCUT2D eigenvalue weighted by Gasteiger charge is 2.23. The minimum Gasteiger partial charge on any atom is -0.256 e. The van der Waals surface area contributed by atoms with E-state index in [1.54, 1.807) is 11.8 Å². The fraction of sp³-hybridized carbons (Fsp3) is 0. The Kier molecular flexibility index (Phi) is 3.34. The number of hydrogen-bond acceptors (Lipinski definition) is 2. The van der Waals surface area contributed by atoms with Gasteiger partial charge in [0.15, 0.2) is 11.6 Å². The number of pyridine rings is 1. The van der Waals surface area contributed by atoms with Crippen molar-refractivity contribution in [3.8, 4) is 11.3 Å². The number of rotatable bonds is 0. The van der Waals surface area contributed by atoms with Crippen molar-refractivity contribution in [2.24, 2.45) is 0 Å². The zero-order valence-electron chi connectivity index (χ0n) is 16.1. The molecule has 0 saturated heterocycles. The van der Waals surface area contributed by atoms with Crippen molar-refractivity contribution in [2.75, 3.05) is 0 Å². The Morgan fingerprint density at radius 3 is 2.29 bits per heavy atom. The number of fused-ring (bicyclic) bond motifs is 7. The van der Waals surface area contributed by atoms with Crippen molar-refractivity contribution in [3.63, 3.8) is 0 Å². The van der Waals surface area contributed by atoms with Crippen molar-refractivity contribution in [3.05, 3.63) is 90.6 Å². The van der Waals surface area contributed by atoms with E-state index in [2.05, 4.69) is 30.3 Å². The molecule has 0 amide bonds. The van der Waals surface area contributed by atoms with Crippen LogP contribution in [-0.4, -0.2) is 4.98 Å². The highest BCUT2D eigenvalue weighted by molar-refractivity contribution is 7.99. The second-order valence-corrected chi connectivity index (χ2v) is 8.99. The summed E-state index contributed by atoms with van der Waals surface area (Å²) in [7, 11) is 0. The molecule has 0 bridgehead atoms. The van der Waals surface area contributed by atoms with Gasteiger partial charge in [-0.1, -0.05) is 48.2 Å². The molecule has 4 heteroatoms. The summed E-state index contributed by atoms with van der Waals surface area (Å²) < 4.78 is 27.9. The second-order valence-electron chi connectivity index (χ2n) is 7.90. The van der Waals surface area contributed by atoms with Gasteiger partial charge in [0.1, 0.15) is 0 Å². The van der Waals surface area contributed by atoms with Gasteiger partial charge in [0.2, 0.25) is 0 Å². The maximum atomic E-state index is 14.1. The Hall–Kier alpha value is -3.50. The van der Waals surface area contributed by atoms with E-state index in [1.165, 1.54) is 22.9 Å². The van der Waals surface area contributed by atoms with E-state index in [4.69, 9.17) is 4.98 Å². The Morgan fingerprint density at radius 1 is 0.613 bits per heavy atom. The first-order valence-electron chi connectivity index (χ1n) is 10.0. The van der Waals surface area contributed by atoms with E-state index in [9.17, 15) is 8.78 Å². The van der Waals surface area contributed by atoms with Crippen LogP contribution in [0.5, 0.6) is 0 Å². The van der Waals surface area contributed by atoms with Gasteiger partial charge >= 0.3 is 0 Å². The molecule has 146 valence electrons. The molecule has 1 aliphatic heterocycles. The van der Waals surface area contributed by atoms with Crippen LogP contribution in [-0.2, 0) is 0 Å². The second kappa shape index (κ2) is 6.02. The fourth-order valence-electron chi connectivity index (χ4n) is 4.76. The zero-order chi connectivity index (χ0) is 20.7. The first-order valence-corrected chi connectivity index (χ1v) is 10.8. The van der Waals surface area contributed by atoms with E-state index >= 15 is 0 Å². The number of nitrogens with zero attached hydrogens (tertiary/aromatic N) is 1. The van der Waals surface area contributed by atoms with Gasteiger partial charge in [-0.2, -0.15) is 0 Å². The summed E-state index contributed by atoms with van der Waals surface area (Å²) in [5.41, 5.74) is 2.11. The summed E-state index contributed by atoms with van der Waals surface area (Å²) in [4.78, 5) is 7.00. The standard InChI is InChI=1S/C27H13F2NS/c28-22-10-16-5-6-17-18-7-8-30-27-21-9-14-3-1-2-4-15(14)11-24(21)31-25(26(18)27)13-20(17)19(16)12-23(22)29/h1-13H. The van der Waals surface area contributed by atoms with Crippen LogP contribution < -0.4 is 0 Å². The molecule has 31 heavy (non-hydrogen) atoms. The molecule has 6 aromatic rings. The molecule has 0 unspecified atom stereocenters. The van der Waals surface area contributed by atoms with Crippen molar-refractivity contribution in [1.82, 2.24) is 4.98 Å². The molecule has 1 aromatic heterocycles. The monoisotopic (exact) mass is 421 g/mol. The van der Waals surface area contributed by atoms with E-state index in [-0.39, 0.29) is 0 Å². The Bertz CT molecular complexity index is 1740. The molecule has 0 fully saturated rings. The molecule has 1 nitrogen and oxygen atoms in total. The summed E-state index contributed by atoms with van der Waals surface area (Å²) in [6.45, 7) is 0. The molecular formula is C27H13F2NS. The van der Waals surface area contributed by atoms with Crippen molar-refractivity contribution in [1.29, 1.82) is 0 Å². The number of benzene rings is 5. The molecule has 2 heterocycles. The zero-order valence-corrected chi connectivity index (χ0v) is 16.9. The Morgan fingerprint density at radius 2 is 1.42 bits per heavy atom. The van der Waals surface area contributed by atoms with Gasteiger partial charge < -0.3 is 0 Å². The van der Waals surface area contributed by atoms with E-state index < -0.39 is 11.6 Å². The Labute approximate surface area is 180 Å². The van der Waals surface area contributed by atoms with Crippen molar-refractivity contribution >= 4 is 54.9 Å². The minimum atomic E-state index is -0.825. The first-order chi connectivity index (χ1) is 15.2. The van der Waals surface area contributed by atoms with E-state index in [0.717, 1.165) is 48.0 Å². The molecule has 0 spiro atoms. The maximum Gasteiger partial charge on any atom is 0.159 e.